The maximum Gasteiger partial charge on any atom is 0.264 e. The predicted molar refractivity (Wildman–Crippen MR) is 80.0 cm³/mol. The van der Waals surface area contributed by atoms with Crippen molar-refractivity contribution in [2.24, 2.45) is 0 Å². The van der Waals surface area contributed by atoms with Gasteiger partial charge in [-0.1, -0.05) is 0 Å². The van der Waals surface area contributed by atoms with Gasteiger partial charge < -0.3 is 9.30 Å². The highest BCUT2D eigenvalue weighted by molar-refractivity contribution is 7.71. The Hall–Kier alpha value is -1.67. The molecule has 2 aromatic heterocycles. The molecular formula is C14H15F2N3O2S. The van der Waals surface area contributed by atoms with Crippen LogP contribution in [0.1, 0.15) is 36.4 Å². The lowest BCUT2D eigenvalue weighted by Crippen LogP contribution is -2.19. The molecule has 118 valence electrons. The Balaban J connectivity index is 2.34. The van der Waals surface area contributed by atoms with Crippen LogP contribution < -0.4 is 5.56 Å². The van der Waals surface area contributed by atoms with Crippen molar-refractivity contribution in [1.29, 1.82) is 0 Å². The summed E-state index contributed by atoms with van der Waals surface area (Å²) in [6, 6.07) is 1.35. The van der Waals surface area contributed by atoms with Gasteiger partial charge in [-0.05, 0) is 31.1 Å². The van der Waals surface area contributed by atoms with Crippen LogP contribution in [0.2, 0.25) is 0 Å². The van der Waals surface area contributed by atoms with Gasteiger partial charge in [0.25, 0.3) is 12.0 Å². The third kappa shape index (κ3) is 2.68. The lowest BCUT2D eigenvalue weighted by molar-refractivity contribution is 0.153. The Morgan fingerprint density at radius 2 is 2.27 bits per heavy atom. The van der Waals surface area contributed by atoms with E-state index in [2.05, 4.69) is 9.97 Å². The third-order valence-corrected chi connectivity index (χ3v) is 4.07. The number of aromatic nitrogens is 3. The fraction of sp³-hybridized carbons (Fsp3) is 0.500. The van der Waals surface area contributed by atoms with E-state index in [4.69, 9.17) is 17.0 Å². The highest BCUT2D eigenvalue weighted by atomic mass is 32.1. The molecule has 2 aromatic rings. The van der Waals surface area contributed by atoms with Crippen LogP contribution in [0.25, 0.3) is 11.0 Å². The van der Waals surface area contributed by atoms with Crippen LogP contribution >= 0.6 is 12.2 Å². The van der Waals surface area contributed by atoms with Crippen molar-refractivity contribution in [2.45, 2.75) is 31.7 Å². The van der Waals surface area contributed by atoms with Gasteiger partial charge in [0.15, 0.2) is 4.77 Å². The van der Waals surface area contributed by atoms with E-state index in [1.54, 1.807) is 4.57 Å². The smallest absolute Gasteiger partial charge is 0.264 e. The lowest BCUT2D eigenvalue weighted by atomic mass is 10.1. The first kappa shape index (κ1) is 15.2. The maximum absolute atomic E-state index is 13.4. The van der Waals surface area contributed by atoms with Gasteiger partial charge >= 0.3 is 0 Å². The molecular weight excluding hydrogens is 312 g/mol. The largest absolute Gasteiger partial charge is 0.383 e. The summed E-state index contributed by atoms with van der Waals surface area (Å²) < 4.78 is 33.5. The number of hydrogen-bond acceptors (Lipinski definition) is 4. The molecule has 1 N–H and O–H groups in total. The first-order chi connectivity index (χ1) is 10.5. The van der Waals surface area contributed by atoms with E-state index in [9.17, 15) is 13.6 Å². The summed E-state index contributed by atoms with van der Waals surface area (Å²) in [5.41, 5.74) is -0.0902. The highest BCUT2D eigenvalue weighted by Crippen LogP contribution is 2.41. The Morgan fingerprint density at radius 1 is 1.55 bits per heavy atom. The number of fused-ring (bicyclic) bond motifs is 1. The van der Waals surface area contributed by atoms with Crippen LogP contribution in [0.15, 0.2) is 10.9 Å². The Kier molecular flexibility index (Phi) is 4.05. The second-order valence-electron chi connectivity index (χ2n) is 5.31. The second-order valence-corrected chi connectivity index (χ2v) is 5.70. The summed E-state index contributed by atoms with van der Waals surface area (Å²) in [5, 5.41) is -0.0934. The van der Waals surface area contributed by atoms with Gasteiger partial charge in [-0.25, -0.2) is 13.8 Å². The van der Waals surface area contributed by atoms with E-state index in [-0.39, 0.29) is 27.3 Å². The minimum absolute atomic E-state index is 0.0934. The molecule has 0 saturated heterocycles. The Bertz CT molecular complexity index is 827. The average molecular weight is 327 g/mol. The topological polar surface area (TPSA) is 59.9 Å². The van der Waals surface area contributed by atoms with Gasteiger partial charge in [-0.3, -0.25) is 9.78 Å². The number of nitrogens with one attached hydrogen (secondary N) is 1. The molecule has 0 aliphatic heterocycles. The molecule has 0 atom stereocenters. The average Bonchev–Trinajstić information content (AvgIpc) is 3.30. The van der Waals surface area contributed by atoms with Crippen molar-refractivity contribution >= 4 is 23.3 Å². The van der Waals surface area contributed by atoms with E-state index in [1.807, 2.05) is 0 Å². The van der Waals surface area contributed by atoms with E-state index >= 15 is 0 Å². The monoisotopic (exact) mass is 327 g/mol. The van der Waals surface area contributed by atoms with Crippen LogP contribution in [0.3, 0.4) is 0 Å². The number of methoxy groups -OCH3 is 1. The summed E-state index contributed by atoms with van der Waals surface area (Å²) in [7, 11) is 1.53. The normalized spacial score (nSPS) is 14.9. The van der Waals surface area contributed by atoms with Gasteiger partial charge in [0.1, 0.15) is 5.65 Å². The second kappa shape index (κ2) is 5.85. The molecule has 1 aliphatic rings. The zero-order valence-corrected chi connectivity index (χ0v) is 12.8. The summed E-state index contributed by atoms with van der Waals surface area (Å²) in [5.74, 6) is 0.200. The number of alkyl halides is 2. The fourth-order valence-electron chi connectivity index (χ4n) is 2.47. The van der Waals surface area contributed by atoms with Crippen molar-refractivity contribution in [1.82, 2.24) is 14.5 Å². The zero-order valence-electron chi connectivity index (χ0n) is 11.9. The van der Waals surface area contributed by atoms with Crippen LogP contribution in [0.5, 0.6) is 0 Å². The summed E-state index contributed by atoms with van der Waals surface area (Å²) >= 11 is 5.14. The maximum atomic E-state index is 13.4. The SMILES string of the molecule is COCCn1c(=S)[nH]c(=O)c2c(C(F)F)cc(C3CC3)nc21. The molecule has 8 heteroatoms. The minimum Gasteiger partial charge on any atom is -0.383 e. The third-order valence-electron chi connectivity index (χ3n) is 3.75. The molecule has 1 fully saturated rings. The summed E-state index contributed by atoms with van der Waals surface area (Å²) in [4.78, 5) is 19.0. The molecule has 1 aliphatic carbocycles. The van der Waals surface area contributed by atoms with Crippen molar-refractivity contribution in [2.75, 3.05) is 13.7 Å². The predicted octanol–water partition coefficient (Wildman–Crippen LogP) is 2.92. The van der Waals surface area contributed by atoms with Crippen LogP contribution in [0.4, 0.5) is 8.78 Å². The van der Waals surface area contributed by atoms with E-state index in [0.29, 0.717) is 18.8 Å². The van der Waals surface area contributed by atoms with Crippen molar-refractivity contribution in [3.63, 3.8) is 0 Å². The van der Waals surface area contributed by atoms with E-state index in [0.717, 1.165) is 12.8 Å². The standard InChI is InChI=1S/C14H15F2N3O2S/c1-21-5-4-19-12-10(13(20)18-14(19)22)8(11(15)16)6-9(17-12)7-2-3-7/h6-7,11H,2-5H2,1H3,(H,18,20,22). The molecule has 0 bridgehead atoms. The minimum atomic E-state index is -2.74. The Labute approximate surface area is 129 Å². The van der Waals surface area contributed by atoms with Gasteiger partial charge in [0.05, 0.1) is 18.5 Å². The van der Waals surface area contributed by atoms with Crippen LogP contribution in [-0.4, -0.2) is 28.3 Å². The van der Waals surface area contributed by atoms with Crippen molar-refractivity contribution in [3.8, 4) is 0 Å². The molecule has 0 spiro atoms. The van der Waals surface area contributed by atoms with Crippen molar-refractivity contribution < 1.29 is 13.5 Å². The van der Waals surface area contributed by atoms with Gasteiger partial charge in [0, 0.05) is 24.3 Å². The first-order valence-electron chi connectivity index (χ1n) is 6.97. The highest BCUT2D eigenvalue weighted by Gasteiger charge is 2.28. The lowest BCUT2D eigenvalue weighted by Gasteiger charge is -2.13. The first-order valence-corrected chi connectivity index (χ1v) is 7.38. The fourth-order valence-corrected chi connectivity index (χ4v) is 2.74. The van der Waals surface area contributed by atoms with Gasteiger partial charge in [0.2, 0.25) is 0 Å². The molecule has 0 amide bonds. The molecule has 5 nitrogen and oxygen atoms in total. The number of H-pyrrole nitrogens is 1. The summed E-state index contributed by atoms with van der Waals surface area (Å²) in [6.45, 7) is 0.682. The van der Waals surface area contributed by atoms with Crippen LogP contribution in [-0.2, 0) is 11.3 Å². The van der Waals surface area contributed by atoms with E-state index in [1.165, 1.54) is 13.2 Å². The number of hydrogen-bond donors (Lipinski definition) is 1. The van der Waals surface area contributed by atoms with Gasteiger partial charge in [-0.2, -0.15) is 0 Å². The zero-order chi connectivity index (χ0) is 15.9. The number of aromatic amines is 1. The quantitative estimate of drug-likeness (QED) is 0.858. The van der Waals surface area contributed by atoms with Crippen molar-refractivity contribution in [3.05, 3.63) is 32.4 Å². The van der Waals surface area contributed by atoms with Crippen LogP contribution in [0, 0.1) is 4.77 Å². The molecule has 2 heterocycles. The number of nitrogens with zero attached hydrogens (tertiary/aromatic N) is 2. The van der Waals surface area contributed by atoms with Gasteiger partial charge in [-0.15, -0.1) is 0 Å². The molecule has 0 radical (unpaired) electrons. The Morgan fingerprint density at radius 3 is 2.86 bits per heavy atom. The number of halogens is 2. The molecule has 1 saturated carbocycles. The summed E-state index contributed by atoms with van der Waals surface area (Å²) in [6.07, 6.45) is -0.872. The van der Waals surface area contributed by atoms with E-state index < -0.39 is 12.0 Å². The number of pyridine rings is 1. The number of ether oxygens (including phenoxy) is 1. The molecule has 3 rings (SSSR count). The molecule has 22 heavy (non-hydrogen) atoms. The molecule has 0 aromatic carbocycles. The molecule has 0 unspecified atom stereocenters. The number of rotatable bonds is 5.